The molecule has 6 heteroatoms. The van der Waals surface area contributed by atoms with Gasteiger partial charge in [-0.15, -0.1) is 0 Å². The molecule has 0 amide bonds. The number of aliphatic imine (C=N–C) groups is 1. The Kier molecular flexibility index (Phi) is 4.72. The standard InChI is InChI=1S/C21H18ClN3OS/c1-2-13-7-5-8-16-15(11-23-19(13)16)10-18-20(26)25(21(27)24-18)12-14-6-3-4-9-17(14)22/h3-11,26H,2,12H2,1H3,(H,24,27)/b15-10-. The van der Waals surface area contributed by atoms with Crippen LogP contribution in [0.2, 0.25) is 5.02 Å². The normalized spacial score (nSPS) is 14.1. The molecule has 2 heterocycles. The summed E-state index contributed by atoms with van der Waals surface area (Å²) in [5, 5.41) is 11.3. The van der Waals surface area contributed by atoms with Gasteiger partial charge < -0.3 is 10.1 Å². The zero-order chi connectivity index (χ0) is 19.0. The third-order valence-electron chi connectivity index (χ3n) is 4.71. The van der Waals surface area contributed by atoms with Gasteiger partial charge in [-0.1, -0.05) is 54.9 Å². The average molecular weight is 396 g/mol. The Labute approximate surface area is 167 Å². The van der Waals surface area contributed by atoms with Gasteiger partial charge in [0.1, 0.15) is 5.69 Å². The van der Waals surface area contributed by atoms with Gasteiger partial charge in [-0.25, -0.2) is 0 Å². The Morgan fingerprint density at radius 2 is 1.96 bits per heavy atom. The zero-order valence-electron chi connectivity index (χ0n) is 14.7. The molecule has 0 saturated carbocycles. The summed E-state index contributed by atoms with van der Waals surface area (Å²) in [5.74, 6) is 0.0842. The van der Waals surface area contributed by atoms with Crippen LogP contribution in [0.3, 0.4) is 0 Å². The lowest BCUT2D eigenvalue weighted by molar-refractivity contribution is 0.422. The monoisotopic (exact) mass is 395 g/mol. The molecule has 136 valence electrons. The molecular weight excluding hydrogens is 378 g/mol. The van der Waals surface area contributed by atoms with Crippen molar-refractivity contribution in [2.75, 3.05) is 0 Å². The highest BCUT2D eigenvalue weighted by molar-refractivity contribution is 7.71. The fourth-order valence-corrected chi connectivity index (χ4v) is 3.72. The highest BCUT2D eigenvalue weighted by Gasteiger charge is 2.17. The number of para-hydroxylation sites is 1. The van der Waals surface area contributed by atoms with Crippen molar-refractivity contribution in [1.82, 2.24) is 9.55 Å². The molecular formula is C21H18ClN3OS. The molecule has 3 aromatic rings. The first-order valence-corrected chi connectivity index (χ1v) is 9.50. The number of rotatable bonds is 4. The summed E-state index contributed by atoms with van der Waals surface area (Å²) in [5.41, 5.74) is 5.66. The number of hydrogen-bond donors (Lipinski definition) is 2. The lowest BCUT2D eigenvalue weighted by Gasteiger charge is -2.07. The minimum Gasteiger partial charge on any atom is -0.493 e. The number of hydrogen-bond acceptors (Lipinski definition) is 3. The van der Waals surface area contributed by atoms with Crippen molar-refractivity contribution in [3.8, 4) is 5.88 Å². The maximum atomic E-state index is 10.7. The number of H-pyrrole nitrogens is 1. The number of nitrogens with zero attached hydrogens (tertiary/aromatic N) is 2. The average Bonchev–Trinajstić information content (AvgIpc) is 3.20. The second-order valence-corrected chi connectivity index (χ2v) is 7.16. The smallest absolute Gasteiger partial charge is 0.218 e. The van der Waals surface area contributed by atoms with Gasteiger partial charge in [-0.2, -0.15) is 0 Å². The predicted molar refractivity (Wildman–Crippen MR) is 114 cm³/mol. The van der Waals surface area contributed by atoms with Crippen LogP contribution in [0.4, 0.5) is 5.69 Å². The molecule has 1 aliphatic rings. The van der Waals surface area contributed by atoms with Gasteiger partial charge in [0, 0.05) is 22.4 Å². The minimum absolute atomic E-state index is 0.0842. The molecule has 1 aromatic heterocycles. The summed E-state index contributed by atoms with van der Waals surface area (Å²) in [4.78, 5) is 7.63. The van der Waals surface area contributed by atoms with Gasteiger partial charge in [-0.05, 0) is 41.9 Å². The highest BCUT2D eigenvalue weighted by Crippen LogP contribution is 2.36. The van der Waals surface area contributed by atoms with Crippen molar-refractivity contribution >= 4 is 47.4 Å². The summed E-state index contributed by atoms with van der Waals surface area (Å²) in [6.45, 7) is 2.51. The van der Waals surface area contributed by atoms with Crippen molar-refractivity contribution in [1.29, 1.82) is 0 Å². The largest absolute Gasteiger partial charge is 0.493 e. The number of halogens is 1. The van der Waals surface area contributed by atoms with Crippen LogP contribution in [0.1, 0.15) is 29.3 Å². The van der Waals surface area contributed by atoms with Gasteiger partial charge in [-0.3, -0.25) is 9.56 Å². The summed E-state index contributed by atoms with van der Waals surface area (Å²) < 4.78 is 2.08. The third-order valence-corrected chi connectivity index (χ3v) is 5.40. The second-order valence-electron chi connectivity index (χ2n) is 6.37. The topological polar surface area (TPSA) is 53.3 Å². The third kappa shape index (κ3) is 3.24. The van der Waals surface area contributed by atoms with E-state index in [1.807, 2.05) is 48.7 Å². The van der Waals surface area contributed by atoms with Crippen LogP contribution in [-0.2, 0) is 13.0 Å². The predicted octanol–water partition coefficient (Wildman–Crippen LogP) is 5.77. The minimum atomic E-state index is 0.0842. The lowest BCUT2D eigenvalue weighted by Crippen LogP contribution is -1.99. The van der Waals surface area contributed by atoms with Crippen LogP contribution in [0, 0.1) is 4.77 Å². The van der Waals surface area contributed by atoms with Crippen molar-refractivity contribution in [3.05, 3.63) is 74.6 Å². The molecule has 2 N–H and O–H groups in total. The Bertz CT molecular complexity index is 1140. The Hall–Kier alpha value is -2.63. The molecule has 0 spiro atoms. The molecule has 0 unspecified atom stereocenters. The van der Waals surface area contributed by atoms with E-state index >= 15 is 0 Å². The number of aryl methyl sites for hydroxylation is 1. The molecule has 0 aliphatic carbocycles. The van der Waals surface area contributed by atoms with Crippen LogP contribution in [0.25, 0.3) is 11.6 Å². The maximum Gasteiger partial charge on any atom is 0.218 e. The number of aromatic nitrogens is 2. The van der Waals surface area contributed by atoms with Gasteiger partial charge in [0.2, 0.25) is 5.88 Å². The Morgan fingerprint density at radius 1 is 1.19 bits per heavy atom. The quantitative estimate of drug-likeness (QED) is 0.551. The number of imidazole rings is 1. The number of fused-ring (bicyclic) bond motifs is 1. The summed E-state index contributed by atoms with van der Waals surface area (Å²) in [7, 11) is 0. The van der Waals surface area contributed by atoms with Gasteiger partial charge in [0.05, 0.1) is 12.2 Å². The fraction of sp³-hybridized carbons (Fsp3) is 0.143. The molecule has 4 nitrogen and oxygen atoms in total. The van der Waals surface area contributed by atoms with Crippen LogP contribution in [0.15, 0.2) is 47.5 Å². The van der Waals surface area contributed by atoms with E-state index in [-0.39, 0.29) is 5.88 Å². The van der Waals surface area contributed by atoms with Crippen LogP contribution in [-0.4, -0.2) is 20.9 Å². The first-order chi connectivity index (χ1) is 13.1. The first-order valence-electron chi connectivity index (χ1n) is 8.71. The molecule has 0 saturated heterocycles. The molecule has 0 radical (unpaired) electrons. The van der Waals surface area contributed by atoms with Gasteiger partial charge in [0.25, 0.3) is 0 Å². The Morgan fingerprint density at radius 3 is 2.74 bits per heavy atom. The number of benzene rings is 2. The molecule has 1 aliphatic heterocycles. The van der Waals surface area contributed by atoms with E-state index in [2.05, 4.69) is 23.0 Å². The van der Waals surface area contributed by atoms with E-state index in [0.29, 0.717) is 22.0 Å². The number of nitrogens with one attached hydrogen (secondary N) is 1. The zero-order valence-corrected chi connectivity index (χ0v) is 16.3. The van der Waals surface area contributed by atoms with Gasteiger partial charge in [0.15, 0.2) is 4.77 Å². The van der Waals surface area contributed by atoms with E-state index in [1.54, 1.807) is 4.57 Å². The van der Waals surface area contributed by atoms with Crippen LogP contribution < -0.4 is 0 Å². The highest BCUT2D eigenvalue weighted by atomic mass is 35.5. The maximum absolute atomic E-state index is 10.7. The molecule has 27 heavy (non-hydrogen) atoms. The summed E-state index contributed by atoms with van der Waals surface area (Å²) >= 11 is 11.6. The van der Waals surface area contributed by atoms with Crippen molar-refractivity contribution in [2.24, 2.45) is 4.99 Å². The van der Waals surface area contributed by atoms with E-state index in [4.69, 9.17) is 23.8 Å². The van der Waals surface area contributed by atoms with Crippen molar-refractivity contribution in [3.63, 3.8) is 0 Å². The SMILES string of the molecule is CCc1cccc2c1N=C/C2=C/c1[nH]c(=S)n(Cc2ccccc2Cl)c1O. The molecule has 0 atom stereocenters. The summed E-state index contributed by atoms with van der Waals surface area (Å²) in [6.07, 6.45) is 4.63. The van der Waals surface area contributed by atoms with E-state index in [1.165, 1.54) is 5.56 Å². The molecule has 0 fully saturated rings. The van der Waals surface area contributed by atoms with E-state index in [0.717, 1.165) is 28.8 Å². The molecule has 2 aromatic carbocycles. The van der Waals surface area contributed by atoms with Crippen molar-refractivity contribution in [2.45, 2.75) is 19.9 Å². The fourth-order valence-electron chi connectivity index (χ4n) is 3.26. The summed E-state index contributed by atoms with van der Waals surface area (Å²) in [6, 6.07) is 13.7. The van der Waals surface area contributed by atoms with Crippen molar-refractivity contribution < 1.29 is 5.11 Å². The van der Waals surface area contributed by atoms with Crippen LogP contribution in [0.5, 0.6) is 5.88 Å². The van der Waals surface area contributed by atoms with Crippen LogP contribution >= 0.6 is 23.8 Å². The molecule has 4 rings (SSSR count). The Balaban J connectivity index is 1.72. The van der Waals surface area contributed by atoms with Gasteiger partial charge >= 0.3 is 0 Å². The van der Waals surface area contributed by atoms with E-state index in [9.17, 15) is 5.11 Å². The number of aromatic amines is 1. The molecule has 0 bridgehead atoms. The first kappa shape index (κ1) is 17.8. The lowest BCUT2D eigenvalue weighted by atomic mass is 10.0. The number of aromatic hydroxyl groups is 1. The number of allylic oxidation sites excluding steroid dienone is 1. The second kappa shape index (κ2) is 7.18. The van der Waals surface area contributed by atoms with E-state index < -0.39 is 0 Å².